The van der Waals surface area contributed by atoms with Gasteiger partial charge in [-0.25, -0.2) is 5.57 Å². The minimum absolute atomic E-state index is 0. The van der Waals surface area contributed by atoms with Crippen molar-refractivity contribution in [3.63, 3.8) is 0 Å². The van der Waals surface area contributed by atoms with Gasteiger partial charge >= 0.3 is 21.7 Å². The summed E-state index contributed by atoms with van der Waals surface area (Å²) in [5.41, 5.74) is 9.35. The molecular formula is C30H33Cl3SiTi. The SMILES string of the molecule is CC1=[C-]CC=C1[Si](c1cc(C)cc(C)c1)(c1cc(C)cc(C)c1)c1cc(C)cc(C)c1.[Cl-].[Cl-].[Cl-].[Ti+4]. The molecule has 3 aromatic carbocycles. The molecule has 4 rings (SSSR count). The summed E-state index contributed by atoms with van der Waals surface area (Å²) < 4.78 is 0. The molecular weight excluding hydrogens is 543 g/mol. The molecule has 0 fully saturated rings. The largest absolute Gasteiger partial charge is 4.00 e. The molecule has 0 heterocycles. The molecule has 0 spiro atoms. The molecule has 0 bridgehead atoms. The van der Waals surface area contributed by atoms with Crippen molar-refractivity contribution in [3.8, 4) is 0 Å². The molecule has 0 N–H and O–H groups in total. The molecule has 0 amide bonds. The van der Waals surface area contributed by atoms with Crippen molar-refractivity contribution in [2.24, 2.45) is 0 Å². The Kier molecular flexibility index (Phi) is 13.1. The molecule has 0 radical (unpaired) electrons. The van der Waals surface area contributed by atoms with Crippen molar-refractivity contribution in [2.45, 2.75) is 54.9 Å². The number of rotatable bonds is 4. The van der Waals surface area contributed by atoms with Crippen LogP contribution in [0.15, 0.2) is 71.4 Å². The van der Waals surface area contributed by atoms with Gasteiger partial charge in [0.25, 0.3) is 0 Å². The standard InChI is InChI=1S/C30H33Si.3ClH.Ti/c1-20-11-21(2)15-27(14-20)31(30-10-8-9-26(30)7,28-16-22(3)12-23(4)17-28)29-18-24(5)13-25(6)19-29;;;;/h10-19H,8H2,1-7H3;3*1H;/q-1;;;;+4/p-3. The summed E-state index contributed by atoms with van der Waals surface area (Å²) in [7, 11) is -2.48. The van der Waals surface area contributed by atoms with E-state index in [-0.39, 0.29) is 58.9 Å². The van der Waals surface area contributed by atoms with Gasteiger partial charge in [0, 0.05) is 0 Å². The van der Waals surface area contributed by atoms with Crippen LogP contribution in [0.2, 0.25) is 0 Å². The number of allylic oxidation sites excluding steroid dienone is 4. The maximum atomic E-state index is 3.63. The third-order valence-electron chi connectivity index (χ3n) is 6.45. The first kappa shape index (κ1) is 33.9. The monoisotopic (exact) mass is 574 g/mol. The molecule has 1 aliphatic rings. The Balaban J connectivity index is 0.00000289. The molecule has 0 atom stereocenters. The maximum Gasteiger partial charge on any atom is 4.00 e. The predicted octanol–water partition coefficient (Wildman–Crippen LogP) is -3.36. The van der Waals surface area contributed by atoms with Crippen LogP contribution in [0, 0.1) is 47.6 Å². The molecule has 5 heteroatoms. The van der Waals surface area contributed by atoms with E-state index in [1.807, 2.05) is 0 Å². The first-order valence-electron chi connectivity index (χ1n) is 11.2. The van der Waals surface area contributed by atoms with Crippen LogP contribution in [-0.4, -0.2) is 8.07 Å². The zero-order valence-electron chi connectivity index (χ0n) is 21.6. The van der Waals surface area contributed by atoms with Gasteiger partial charge in [-0.05, 0) is 41.5 Å². The Hall–Kier alpha value is -1.06. The topological polar surface area (TPSA) is 0 Å². The second-order valence-electron chi connectivity index (χ2n) is 9.50. The van der Waals surface area contributed by atoms with Crippen molar-refractivity contribution < 1.29 is 58.9 Å². The third-order valence-corrected chi connectivity index (χ3v) is 11.3. The molecule has 3 aromatic rings. The van der Waals surface area contributed by atoms with E-state index in [0.717, 1.165) is 6.42 Å². The van der Waals surface area contributed by atoms with Gasteiger partial charge < -0.3 is 37.2 Å². The molecule has 35 heavy (non-hydrogen) atoms. The zero-order chi connectivity index (χ0) is 22.3. The maximum absolute atomic E-state index is 3.63. The van der Waals surface area contributed by atoms with Crippen molar-refractivity contribution in [2.75, 3.05) is 0 Å². The molecule has 0 aromatic heterocycles. The summed E-state index contributed by atoms with van der Waals surface area (Å²) >= 11 is 0. The van der Waals surface area contributed by atoms with Crippen LogP contribution >= 0.6 is 0 Å². The van der Waals surface area contributed by atoms with E-state index in [9.17, 15) is 0 Å². The Morgan fingerprint density at radius 2 is 0.800 bits per heavy atom. The van der Waals surface area contributed by atoms with Gasteiger partial charge in [0.05, 0.1) is 8.07 Å². The average molecular weight is 576 g/mol. The van der Waals surface area contributed by atoms with Gasteiger partial charge in [0.15, 0.2) is 0 Å². The van der Waals surface area contributed by atoms with E-state index in [0.29, 0.717) is 0 Å². The van der Waals surface area contributed by atoms with E-state index in [1.165, 1.54) is 59.7 Å². The van der Waals surface area contributed by atoms with Crippen LogP contribution in [0.5, 0.6) is 0 Å². The number of halogens is 3. The van der Waals surface area contributed by atoms with Crippen LogP contribution in [0.3, 0.4) is 0 Å². The average Bonchev–Trinajstić information content (AvgIpc) is 3.06. The number of aryl methyl sites for hydroxylation is 6. The Labute approximate surface area is 246 Å². The van der Waals surface area contributed by atoms with Gasteiger partial charge in [0.2, 0.25) is 0 Å². The van der Waals surface area contributed by atoms with E-state index in [4.69, 9.17) is 0 Å². The van der Waals surface area contributed by atoms with Gasteiger partial charge in [-0.15, -0.1) is 6.42 Å². The van der Waals surface area contributed by atoms with Crippen molar-refractivity contribution in [1.29, 1.82) is 0 Å². The molecule has 0 saturated carbocycles. The smallest absolute Gasteiger partial charge is 1.00 e. The molecule has 0 saturated heterocycles. The molecule has 1 aliphatic carbocycles. The van der Waals surface area contributed by atoms with E-state index in [1.54, 1.807) is 0 Å². The summed E-state index contributed by atoms with van der Waals surface area (Å²) in [6.45, 7) is 15.7. The van der Waals surface area contributed by atoms with E-state index < -0.39 is 8.07 Å². The van der Waals surface area contributed by atoms with E-state index in [2.05, 4.69) is 115 Å². The molecule has 0 aliphatic heterocycles. The van der Waals surface area contributed by atoms with Gasteiger partial charge in [-0.3, -0.25) is 6.08 Å². The third kappa shape index (κ3) is 6.64. The summed E-state index contributed by atoms with van der Waals surface area (Å²) in [4.78, 5) is 0. The summed E-state index contributed by atoms with van der Waals surface area (Å²) in [6.07, 6.45) is 7.00. The Morgan fingerprint density at radius 3 is 1.03 bits per heavy atom. The van der Waals surface area contributed by atoms with Crippen LogP contribution < -0.4 is 52.8 Å². The molecule has 0 nitrogen and oxygen atoms in total. The Morgan fingerprint density at radius 1 is 0.514 bits per heavy atom. The van der Waals surface area contributed by atoms with Gasteiger partial charge in [-0.1, -0.05) is 110 Å². The Bertz CT molecular complexity index is 1060. The van der Waals surface area contributed by atoms with Crippen molar-refractivity contribution in [3.05, 3.63) is 111 Å². The fourth-order valence-corrected chi connectivity index (χ4v) is 11.2. The van der Waals surface area contributed by atoms with Gasteiger partial charge in [-0.2, -0.15) is 11.3 Å². The van der Waals surface area contributed by atoms with Crippen LogP contribution in [0.1, 0.15) is 46.7 Å². The zero-order valence-corrected chi connectivity index (χ0v) is 26.4. The fraction of sp³-hybridized carbons (Fsp3) is 0.267. The van der Waals surface area contributed by atoms with Crippen LogP contribution in [0.4, 0.5) is 0 Å². The van der Waals surface area contributed by atoms with Gasteiger partial charge in [0.1, 0.15) is 0 Å². The normalized spacial score (nSPS) is 12.3. The summed E-state index contributed by atoms with van der Waals surface area (Å²) in [6, 6.07) is 21.6. The second-order valence-corrected chi connectivity index (χ2v) is 13.3. The van der Waals surface area contributed by atoms with Crippen LogP contribution in [-0.2, 0) is 21.7 Å². The van der Waals surface area contributed by atoms with Crippen molar-refractivity contribution >= 4 is 23.6 Å². The quantitative estimate of drug-likeness (QED) is 0.173. The first-order valence-corrected chi connectivity index (χ1v) is 13.2. The minimum atomic E-state index is -2.48. The predicted molar refractivity (Wildman–Crippen MR) is 138 cm³/mol. The molecule has 182 valence electrons. The molecule has 0 unspecified atom stereocenters. The minimum Gasteiger partial charge on any atom is -1.00 e. The summed E-state index contributed by atoms with van der Waals surface area (Å²) in [5, 5.41) is 5.95. The second kappa shape index (κ2) is 13.5. The van der Waals surface area contributed by atoms with Crippen LogP contribution in [0.25, 0.3) is 0 Å². The fourth-order valence-electron chi connectivity index (χ4n) is 5.53. The summed E-state index contributed by atoms with van der Waals surface area (Å²) in [5.74, 6) is 0. The van der Waals surface area contributed by atoms with Crippen molar-refractivity contribution in [1.82, 2.24) is 0 Å². The number of hydrogen-bond donors (Lipinski definition) is 0. The number of hydrogen-bond acceptors (Lipinski definition) is 0. The first-order chi connectivity index (χ1) is 14.7. The van der Waals surface area contributed by atoms with E-state index >= 15 is 0 Å². The number of benzene rings is 3.